The molecule has 2 heterocycles. The third-order valence-electron chi connectivity index (χ3n) is 2.84. The van der Waals surface area contributed by atoms with Gasteiger partial charge >= 0.3 is 5.97 Å². The fourth-order valence-electron chi connectivity index (χ4n) is 1.69. The van der Waals surface area contributed by atoms with E-state index in [1.807, 2.05) is 0 Å². The van der Waals surface area contributed by atoms with Gasteiger partial charge in [-0.25, -0.2) is 4.79 Å². The molecular weight excluding hydrogens is 292 g/mol. The van der Waals surface area contributed by atoms with Crippen LogP contribution in [0, 0.1) is 0 Å². The van der Waals surface area contributed by atoms with Crippen molar-refractivity contribution < 1.29 is 28.4 Å². The summed E-state index contributed by atoms with van der Waals surface area (Å²) in [4.78, 5) is 50.7. The van der Waals surface area contributed by atoms with E-state index in [1.165, 1.54) is 25.3 Å². The molecule has 0 aliphatic carbocycles. The van der Waals surface area contributed by atoms with Crippen molar-refractivity contribution in [1.29, 1.82) is 0 Å². The molecule has 8 nitrogen and oxygen atoms in total. The van der Waals surface area contributed by atoms with E-state index >= 15 is 0 Å². The van der Waals surface area contributed by atoms with Crippen LogP contribution < -0.4 is 5.32 Å². The summed E-state index contributed by atoms with van der Waals surface area (Å²) in [6.07, 6.45) is 4.11. The van der Waals surface area contributed by atoms with Gasteiger partial charge in [-0.15, -0.1) is 5.06 Å². The first-order valence-electron chi connectivity index (χ1n) is 6.57. The van der Waals surface area contributed by atoms with Gasteiger partial charge in [-0.1, -0.05) is 0 Å². The Bertz CT molecular complexity index is 603. The summed E-state index contributed by atoms with van der Waals surface area (Å²) in [5.74, 6) is -2.11. The molecule has 3 amide bonds. The Morgan fingerprint density at radius 3 is 2.64 bits per heavy atom. The number of furan rings is 1. The average Bonchev–Trinajstić information content (AvgIpc) is 3.10. The molecule has 116 valence electrons. The van der Waals surface area contributed by atoms with Gasteiger partial charge in [0.25, 0.3) is 11.8 Å². The maximum Gasteiger partial charge on any atom is 0.354 e. The van der Waals surface area contributed by atoms with Crippen molar-refractivity contribution in [2.24, 2.45) is 0 Å². The van der Waals surface area contributed by atoms with Crippen LogP contribution in [0.15, 0.2) is 28.9 Å². The summed E-state index contributed by atoms with van der Waals surface area (Å²) in [6, 6.07) is 2.31. The van der Waals surface area contributed by atoms with E-state index in [4.69, 9.17) is 4.42 Å². The van der Waals surface area contributed by atoms with E-state index in [0.29, 0.717) is 10.8 Å². The summed E-state index contributed by atoms with van der Waals surface area (Å²) in [5.41, 5.74) is 0. The summed E-state index contributed by atoms with van der Waals surface area (Å²) in [5, 5.41) is 2.79. The number of amides is 3. The molecule has 0 saturated carbocycles. The molecule has 1 aromatic rings. The summed E-state index contributed by atoms with van der Waals surface area (Å²) < 4.78 is 5.01. The zero-order valence-electron chi connectivity index (χ0n) is 11.8. The van der Waals surface area contributed by atoms with Gasteiger partial charge in [-0.3, -0.25) is 14.4 Å². The number of imide groups is 1. The van der Waals surface area contributed by atoms with Crippen LogP contribution in [0.25, 0.3) is 6.08 Å². The van der Waals surface area contributed by atoms with Crippen molar-refractivity contribution in [2.45, 2.75) is 25.8 Å². The van der Waals surface area contributed by atoms with Gasteiger partial charge in [-0.2, -0.15) is 0 Å². The molecule has 0 unspecified atom stereocenters. The molecule has 22 heavy (non-hydrogen) atoms. The molecule has 1 aromatic heterocycles. The average molecular weight is 306 g/mol. The van der Waals surface area contributed by atoms with E-state index in [2.05, 4.69) is 10.2 Å². The van der Waals surface area contributed by atoms with E-state index < -0.39 is 29.7 Å². The number of hydrogen-bond donors (Lipinski definition) is 1. The van der Waals surface area contributed by atoms with Gasteiger partial charge in [-0.05, 0) is 25.1 Å². The van der Waals surface area contributed by atoms with E-state index in [-0.39, 0.29) is 12.8 Å². The summed E-state index contributed by atoms with van der Waals surface area (Å²) in [7, 11) is 0. The predicted octanol–water partition coefficient (Wildman–Crippen LogP) is 0.405. The fourth-order valence-corrected chi connectivity index (χ4v) is 1.69. The van der Waals surface area contributed by atoms with Crippen LogP contribution in [-0.4, -0.2) is 34.8 Å². The van der Waals surface area contributed by atoms with Crippen molar-refractivity contribution in [3.63, 3.8) is 0 Å². The number of carbonyl (C=O) groups excluding carboxylic acids is 4. The van der Waals surface area contributed by atoms with Gasteiger partial charge in [0.15, 0.2) is 0 Å². The lowest BCUT2D eigenvalue weighted by Gasteiger charge is -2.16. The highest BCUT2D eigenvalue weighted by Crippen LogP contribution is 2.12. The molecule has 0 bridgehead atoms. The second-order valence-electron chi connectivity index (χ2n) is 4.57. The Balaban J connectivity index is 1.84. The van der Waals surface area contributed by atoms with Gasteiger partial charge in [0.2, 0.25) is 5.91 Å². The molecular formula is C14H14N2O6. The molecule has 1 saturated heterocycles. The van der Waals surface area contributed by atoms with E-state index in [9.17, 15) is 19.2 Å². The van der Waals surface area contributed by atoms with Crippen LogP contribution in [0.5, 0.6) is 0 Å². The number of hydroxylamine groups is 2. The zero-order valence-corrected chi connectivity index (χ0v) is 11.8. The minimum Gasteiger partial charge on any atom is -0.465 e. The number of nitrogens with one attached hydrogen (secondary N) is 1. The van der Waals surface area contributed by atoms with E-state index in [0.717, 1.165) is 0 Å². The predicted molar refractivity (Wildman–Crippen MR) is 72.5 cm³/mol. The van der Waals surface area contributed by atoms with Crippen LogP contribution in [-0.2, 0) is 24.0 Å². The van der Waals surface area contributed by atoms with Crippen LogP contribution >= 0.6 is 0 Å². The minimum absolute atomic E-state index is 0.0126. The lowest BCUT2D eigenvalue weighted by Crippen LogP contribution is -2.43. The Kier molecular flexibility index (Phi) is 4.72. The molecule has 1 aliphatic heterocycles. The second-order valence-corrected chi connectivity index (χ2v) is 4.57. The van der Waals surface area contributed by atoms with Gasteiger partial charge in [0, 0.05) is 18.9 Å². The largest absolute Gasteiger partial charge is 0.465 e. The Hall–Kier alpha value is -2.90. The molecule has 2 rings (SSSR count). The Morgan fingerprint density at radius 2 is 2.05 bits per heavy atom. The molecule has 0 spiro atoms. The molecule has 1 aliphatic rings. The zero-order chi connectivity index (χ0) is 16.1. The first kappa shape index (κ1) is 15.5. The summed E-state index contributed by atoms with van der Waals surface area (Å²) >= 11 is 0. The normalized spacial score (nSPS) is 16.1. The topological polar surface area (TPSA) is 106 Å². The number of rotatable bonds is 5. The van der Waals surface area contributed by atoms with Crippen molar-refractivity contribution in [3.8, 4) is 0 Å². The SMILES string of the molecule is C[C@H](NC(=O)C=Cc1ccco1)C(=O)ON1C(=O)CCC1=O. The smallest absolute Gasteiger partial charge is 0.354 e. The van der Waals surface area contributed by atoms with E-state index in [1.54, 1.807) is 12.1 Å². The molecule has 1 N–H and O–H groups in total. The minimum atomic E-state index is -1.02. The standard InChI is InChI=1S/C14H14N2O6/c1-9(14(20)22-16-12(18)6-7-13(16)19)15-11(17)5-4-10-3-2-8-21-10/h2-5,8-9H,6-7H2,1H3,(H,15,17)/t9-/m0/s1. The van der Waals surface area contributed by atoms with Crippen molar-refractivity contribution in [2.75, 3.05) is 0 Å². The molecule has 0 aromatic carbocycles. The first-order valence-corrected chi connectivity index (χ1v) is 6.57. The monoisotopic (exact) mass is 306 g/mol. The maximum absolute atomic E-state index is 11.7. The number of carbonyl (C=O) groups is 4. The lowest BCUT2D eigenvalue weighted by molar-refractivity contribution is -0.198. The highest BCUT2D eigenvalue weighted by atomic mass is 16.7. The van der Waals surface area contributed by atoms with Gasteiger partial charge < -0.3 is 14.6 Å². The first-order chi connectivity index (χ1) is 10.5. The molecule has 0 radical (unpaired) electrons. The van der Waals surface area contributed by atoms with Crippen molar-refractivity contribution in [3.05, 3.63) is 30.2 Å². The van der Waals surface area contributed by atoms with Crippen LogP contribution in [0.3, 0.4) is 0 Å². The van der Waals surface area contributed by atoms with Gasteiger partial charge in [0.05, 0.1) is 6.26 Å². The third kappa shape index (κ3) is 3.81. The highest BCUT2D eigenvalue weighted by molar-refractivity contribution is 6.02. The second kappa shape index (κ2) is 6.70. The van der Waals surface area contributed by atoms with Crippen LogP contribution in [0.1, 0.15) is 25.5 Å². The molecule has 1 atom stereocenters. The van der Waals surface area contributed by atoms with Crippen molar-refractivity contribution in [1.82, 2.24) is 10.4 Å². The molecule has 8 heteroatoms. The summed E-state index contributed by atoms with van der Waals surface area (Å²) in [6.45, 7) is 1.38. The molecule has 1 fully saturated rings. The third-order valence-corrected chi connectivity index (χ3v) is 2.84. The Morgan fingerprint density at radius 1 is 1.36 bits per heavy atom. The lowest BCUT2D eigenvalue weighted by atomic mass is 10.3. The maximum atomic E-state index is 11.7. The van der Waals surface area contributed by atoms with Crippen LogP contribution in [0.2, 0.25) is 0 Å². The quantitative estimate of drug-likeness (QED) is 0.623. The number of hydrogen-bond acceptors (Lipinski definition) is 6. The Labute approximate surface area is 125 Å². The van der Waals surface area contributed by atoms with Gasteiger partial charge in [0.1, 0.15) is 11.8 Å². The van der Waals surface area contributed by atoms with Crippen molar-refractivity contribution >= 4 is 29.8 Å². The highest BCUT2D eigenvalue weighted by Gasteiger charge is 2.34. The number of nitrogens with zero attached hydrogens (tertiary/aromatic N) is 1. The fraction of sp³-hybridized carbons (Fsp3) is 0.286. The van der Waals surface area contributed by atoms with Crippen LogP contribution in [0.4, 0.5) is 0 Å².